The summed E-state index contributed by atoms with van der Waals surface area (Å²) >= 11 is 7.46. The standard InChI is InChI=1S/C22H27BrN2OS2/c1-16(18-10-7-8-14-24-18)25(2)22(26)15-27-20-12-5-6-13-21(20)28-19-11-4-3-9-17(19)23/h3-4,7-11,14,16,20-21H,5-6,12-13,15H2,1-2H3. The van der Waals surface area contributed by atoms with E-state index in [4.69, 9.17) is 0 Å². The summed E-state index contributed by atoms with van der Waals surface area (Å²) in [6, 6.07) is 14.3. The van der Waals surface area contributed by atoms with E-state index < -0.39 is 0 Å². The fourth-order valence-electron chi connectivity index (χ4n) is 3.41. The minimum Gasteiger partial charge on any atom is -0.337 e. The van der Waals surface area contributed by atoms with Crippen LogP contribution in [0.25, 0.3) is 0 Å². The lowest BCUT2D eigenvalue weighted by molar-refractivity contribution is -0.129. The maximum Gasteiger partial charge on any atom is 0.232 e. The molecule has 1 saturated carbocycles. The number of carbonyl (C=O) groups excluding carboxylic acids is 1. The SMILES string of the molecule is CC(c1ccccn1)N(C)C(=O)CSC1CCCCC1Sc1ccccc1Br. The number of thioether (sulfide) groups is 2. The molecule has 0 saturated heterocycles. The Balaban J connectivity index is 1.57. The van der Waals surface area contributed by atoms with Crippen molar-refractivity contribution in [1.82, 2.24) is 9.88 Å². The molecule has 150 valence electrons. The first-order valence-corrected chi connectivity index (χ1v) is 12.5. The summed E-state index contributed by atoms with van der Waals surface area (Å²) in [6.07, 6.45) is 6.74. The van der Waals surface area contributed by atoms with Crippen LogP contribution in [0.1, 0.15) is 44.3 Å². The molecule has 3 rings (SSSR count). The Morgan fingerprint density at radius 2 is 1.89 bits per heavy atom. The zero-order chi connectivity index (χ0) is 19.9. The molecule has 3 unspecified atom stereocenters. The molecule has 1 heterocycles. The van der Waals surface area contributed by atoms with E-state index >= 15 is 0 Å². The Labute approximate surface area is 185 Å². The maximum atomic E-state index is 12.8. The van der Waals surface area contributed by atoms with Crippen LogP contribution < -0.4 is 0 Å². The zero-order valence-electron chi connectivity index (χ0n) is 16.4. The smallest absolute Gasteiger partial charge is 0.232 e. The molecule has 0 bridgehead atoms. The third kappa shape index (κ3) is 5.77. The highest BCUT2D eigenvalue weighted by atomic mass is 79.9. The predicted octanol–water partition coefficient (Wildman–Crippen LogP) is 6.20. The molecule has 0 aliphatic heterocycles. The van der Waals surface area contributed by atoms with Gasteiger partial charge < -0.3 is 4.90 Å². The quantitative estimate of drug-likeness (QED) is 0.474. The lowest BCUT2D eigenvalue weighted by Crippen LogP contribution is -2.33. The molecular weight excluding hydrogens is 452 g/mol. The van der Waals surface area contributed by atoms with Gasteiger partial charge in [-0.3, -0.25) is 9.78 Å². The highest BCUT2D eigenvalue weighted by Crippen LogP contribution is 2.41. The number of nitrogens with zero attached hydrogens (tertiary/aromatic N) is 2. The molecule has 6 heteroatoms. The number of amides is 1. The highest BCUT2D eigenvalue weighted by molar-refractivity contribution is 9.10. The minimum atomic E-state index is -0.00824. The van der Waals surface area contributed by atoms with Crippen molar-refractivity contribution in [2.75, 3.05) is 12.8 Å². The molecule has 1 amide bonds. The third-order valence-corrected chi connectivity index (χ3v) is 9.28. The first-order valence-electron chi connectivity index (χ1n) is 9.75. The van der Waals surface area contributed by atoms with Gasteiger partial charge in [0, 0.05) is 33.1 Å². The number of pyridine rings is 1. The van der Waals surface area contributed by atoms with Gasteiger partial charge in [0.15, 0.2) is 0 Å². The zero-order valence-corrected chi connectivity index (χ0v) is 19.6. The van der Waals surface area contributed by atoms with E-state index in [0.717, 1.165) is 10.2 Å². The van der Waals surface area contributed by atoms with E-state index in [-0.39, 0.29) is 11.9 Å². The number of hydrogen-bond acceptors (Lipinski definition) is 4. The second-order valence-corrected chi connectivity index (χ2v) is 10.5. The van der Waals surface area contributed by atoms with Gasteiger partial charge in [0.1, 0.15) is 0 Å². The van der Waals surface area contributed by atoms with Crippen LogP contribution >= 0.6 is 39.5 Å². The molecule has 0 spiro atoms. The summed E-state index contributed by atoms with van der Waals surface area (Å²) < 4.78 is 1.16. The van der Waals surface area contributed by atoms with Crippen molar-refractivity contribution in [2.45, 2.75) is 54.0 Å². The molecule has 1 aromatic carbocycles. The minimum absolute atomic E-state index is 0.00824. The summed E-state index contributed by atoms with van der Waals surface area (Å²) in [7, 11) is 1.89. The van der Waals surface area contributed by atoms with Gasteiger partial charge in [0.2, 0.25) is 5.91 Å². The van der Waals surface area contributed by atoms with Crippen LogP contribution in [0.3, 0.4) is 0 Å². The average molecular weight is 480 g/mol. The van der Waals surface area contributed by atoms with Gasteiger partial charge >= 0.3 is 0 Å². The lowest BCUT2D eigenvalue weighted by Gasteiger charge is -2.32. The van der Waals surface area contributed by atoms with E-state index in [0.29, 0.717) is 16.3 Å². The fourth-order valence-corrected chi connectivity index (χ4v) is 6.86. The Morgan fingerprint density at radius 1 is 1.18 bits per heavy atom. The number of benzene rings is 1. The topological polar surface area (TPSA) is 33.2 Å². The van der Waals surface area contributed by atoms with Gasteiger partial charge in [-0.25, -0.2) is 0 Å². The number of rotatable bonds is 7. The number of halogens is 1. The number of aromatic nitrogens is 1. The van der Waals surface area contributed by atoms with E-state index in [1.165, 1.54) is 30.6 Å². The molecule has 1 aliphatic rings. The van der Waals surface area contributed by atoms with Crippen molar-refractivity contribution in [3.8, 4) is 0 Å². The van der Waals surface area contributed by atoms with Crippen LogP contribution in [0.15, 0.2) is 58.0 Å². The number of hydrogen-bond donors (Lipinski definition) is 0. The van der Waals surface area contributed by atoms with Crippen LogP contribution in [-0.4, -0.2) is 39.1 Å². The molecule has 28 heavy (non-hydrogen) atoms. The summed E-state index contributed by atoms with van der Waals surface area (Å²) in [6.45, 7) is 2.04. The molecule has 0 radical (unpaired) electrons. The molecule has 1 aromatic heterocycles. The van der Waals surface area contributed by atoms with E-state index in [1.54, 1.807) is 6.20 Å². The van der Waals surface area contributed by atoms with Crippen LogP contribution in [0.2, 0.25) is 0 Å². The molecule has 1 aliphatic carbocycles. The lowest BCUT2D eigenvalue weighted by atomic mass is 10.00. The summed E-state index contributed by atoms with van der Waals surface area (Å²) in [5.41, 5.74) is 0.934. The second kappa shape index (κ2) is 10.7. The molecule has 2 aromatic rings. The monoisotopic (exact) mass is 478 g/mol. The predicted molar refractivity (Wildman–Crippen MR) is 124 cm³/mol. The van der Waals surface area contributed by atoms with Crippen molar-refractivity contribution >= 4 is 45.4 Å². The van der Waals surface area contributed by atoms with Crippen LogP contribution in [0.4, 0.5) is 0 Å². The average Bonchev–Trinajstić information content (AvgIpc) is 2.74. The van der Waals surface area contributed by atoms with Crippen molar-refractivity contribution in [3.05, 3.63) is 58.8 Å². The molecule has 3 nitrogen and oxygen atoms in total. The summed E-state index contributed by atoms with van der Waals surface area (Å²) in [4.78, 5) is 20.3. The maximum absolute atomic E-state index is 12.8. The van der Waals surface area contributed by atoms with E-state index in [1.807, 2.05) is 60.6 Å². The van der Waals surface area contributed by atoms with E-state index in [9.17, 15) is 4.79 Å². The van der Waals surface area contributed by atoms with Gasteiger partial charge in [-0.05, 0) is 60.0 Å². The Morgan fingerprint density at radius 3 is 2.61 bits per heavy atom. The second-order valence-electron chi connectivity index (χ2n) is 7.16. The number of carbonyl (C=O) groups is 1. The summed E-state index contributed by atoms with van der Waals surface area (Å²) in [5.74, 6) is 0.712. The molecule has 0 N–H and O–H groups in total. The van der Waals surface area contributed by atoms with Crippen molar-refractivity contribution in [2.24, 2.45) is 0 Å². The summed E-state index contributed by atoms with van der Waals surface area (Å²) in [5, 5.41) is 1.08. The van der Waals surface area contributed by atoms with Crippen LogP contribution in [0, 0.1) is 0 Å². The first-order chi connectivity index (χ1) is 13.6. The van der Waals surface area contributed by atoms with Gasteiger partial charge in [0.25, 0.3) is 0 Å². The van der Waals surface area contributed by atoms with Crippen molar-refractivity contribution in [3.63, 3.8) is 0 Å². The van der Waals surface area contributed by atoms with Gasteiger partial charge in [-0.2, -0.15) is 0 Å². The Bertz CT molecular complexity index is 774. The molecule has 1 fully saturated rings. The largest absolute Gasteiger partial charge is 0.337 e. The van der Waals surface area contributed by atoms with Gasteiger partial charge in [0.05, 0.1) is 17.5 Å². The van der Waals surface area contributed by atoms with Crippen LogP contribution in [0.5, 0.6) is 0 Å². The molecular formula is C22H27BrN2OS2. The van der Waals surface area contributed by atoms with E-state index in [2.05, 4.69) is 45.2 Å². The van der Waals surface area contributed by atoms with Crippen LogP contribution in [-0.2, 0) is 4.79 Å². The van der Waals surface area contributed by atoms with Crippen molar-refractivity contribution < 1.29 is 4.79 Å². The fraction of sp³-hybridized carbons (Fsp3) is 0.455. The highest BCUT2D eigenvalue weighted by Gasteiger charge is 2.28. The van der Waals surface area contributed by atoms with Crippen molar-refractivity contribution in [1.29, 1.82) is 0 Å². The first kappa shape index (κ1) is 21.7. The third-order valence-electron chi connectivity index (χ3n) is 5.27. The Kier molecular flexibility index (Phi) is 8.30. The van der Waals surface area contributed by atoms with Gasteiger partial charge in [-0.15, -0.1) is 23.5 Å². The van der Waals surface area contributed by atoms with Gasteiger partial charge in [-0.1, -0.05) is 31.0 Å². The normalized spacial score (nSPS) is 20.5. The Hall–Kier alpha value is -0.980. The molecule has 3 atom stereocenters.